The predicted molar refractivity (Wildman–Crippen MR) is 91.6 cm³/mol. The second-order valence-electron chi connectivity index (χ2n) is 6.71. The molecule has 1 aromatic rings. The highest BCUT2D eigenvalue weighted by Gasteiger charge is 2.29. The number of amides is 1. The number of nitrogens with zero attached hydrogens (tertiary/aromatic N) is 1. The van der Waals surface area contributed by atoms with Gasteiger partial charge in [-0.25, -0.2) is 0 Å². The lowest BCUT2D eigenvalue weighted by Gasteiger charge is -2.36. The Kier molecular flexibility index (Phi) is 5.30. The van der Waals surface area contributed by atoms with Crippen molar-refractivity contribution in [3.8, 4) is 0 Å². The fraction of sp³-hybridized carbons (Fsp3) is 0.611. The topological polar surface area (TPSA) is 20.3 Å². The van der Waals surface area contributed by atoms with Crippen LogP contribution < -0.4 is 0 Å². The monoisotopic (exact) mass is 339 g/mol. The fourth-order valence-corrected chi connectivity index (χ4v) is 4.12. The third-order valence-electron chi connectivity index (χ3n) is 5.12. The van der Waals surface area contributed by atoms with Gasteiger partial charge in [-0.2, -0.15) is 0 Å². The Morgan fingerprint density at radius 1 is 1.05 bits per heavy atom. The smallest absolute Gasteiger partial charge is 0.222 e. The van der Waals surface area contributed by atoms with Gasteiger partial charge >= 0.3 is 0 Å². The fourth-order valence-electron chi connectivity index (χ4n) is 3.81. The molecule has 120 valence electrons. The van der Waals surface area contributed by atoms with E-state index in [4.69, 9.17) is 23.2 Å². The van der Waals surface area contributed by atoms with Gasteiger partial charge in [-0.3, -0.25) is 4.79 Å². The predicted octanol–water partition coefficient (Wildman–Crippen LogP) is 5.28. The third kappa shape index (κ3) is 3.78. The second kappa shape index (κ2) is 7.23. The maximum atomic E-state index is 12.2. The molecule has 1 aromatic carbocycles. The van der Waals surface area contributed by atoms with Crippen LogP contribution in [0.2, 0.25) is 10.0 Å². The molecule has 1 aliphatic carbocycles. The molecule has 1 unspecified atom stereocenters. The van der Waals surface area contributed by atoms with E-state index in [1.54, 1.807) is 0 Å². The van der Waals surface area contributed by atoms with E-state index in [2.05, 4.69) is 4.90 Å². The molecule has 1 atom stereocenters. The van der Waals surface area contributed by atoms with Gasteiger partial charge < -0.3 is 4.90 Å². The molecule has 1 saturated carbocycles. The molecule has 3 rings (SSSR count). The number of piperidine rings is 1. The Morgan fingerprint density at radius 3 is 2.55 bits per heavy atom. The molecule has 4 heteroatoms. The van der Waals surface area contributed by atoms with Crippen molar-refractivity contribution in [1.29, 1.82) is 0 Å². The minimum atomic E-state index is 0.321. The van der Waals surface area contributed by atoms with Crippen molar-refractivity contribution in [1.82, 2.24) is 4.90 Å². The number of benzene rings is 1. The van der Waals surface area contributed by atoms with E-state index < -0.39 is 0 Å². The van der Waals surface area contributed by atoms with Crippen molar-refractivity contribution >= 4 is 29.1 Å². The molecular weight excluding hydrogens is 317 g/mol. The molecule has 1 saturated heterocycles. The zero-order valence-electron chi connectivity index (χ0n) is 12.9. The minimum absolute atomic E-state index is 0.321. The first-order valence-corrected chi connectivity index (χ1v) is 9.12. The van der Waals surface area contributed by atoms with Crippen LogP contribution in [0.4, 0.5) is 0 Å². The molecule has 1 heterocycles. The number of hydrogen-bond acceptors (Lipinski definition) is 1. The van der Waals surface area contributed by atoms with Crippen molar-refractivity contribution in [2.24, 2.45) is 5.92 Å². The summed E-state index contributed by atoms with van der Waals surface area (Å²) in [6.45, 7) is 1.77. The Hall–Kier alpha value is -0.730. The Balaban J connectivity index is 1.66. The Bertz CT molecular complexity index is 540. The molecule has 0 aromatic heterocycles. The van der Waals surface area contributed by atoms with E-state index in [1.807, 2.05) is 18.2 Å². The van der Waals surface area contributed by atoms with Crippen molar-refractivity contribution in [3.05, 3.63) is 33.8 Å². The summed E-state index contributed by atoms with van der Waals surface area (Å²) in [5.41, 5.74) is 1.20. The molecule has 2 nitrogen and oxygen atoms in total. The van der Waals surface area contributed by atoms with E-state index in [1.165, 1.54) is 37.7 Å². The van der Waals surface area contributed by atoms with Gasteiger partial charge in [0.05, 0.1) is 10.0 Å². The molecule has 0 N–H and O–H groups in total. The van der Waals surface area contributed by atoms with Crippen LogP contribution in [-0.2, 0) is 4.79 Å². The van der Waals surface area contributed by atoms with Crippen molar-refractivity contribution in [2.45, 2.75) is 50.9 Å². The molecule has 0 radical (unpaired) electrons. The van der Waals surface area contributed by atoms with Crippen molar-refractivity contribution in [2.75, 3.05) is 13.1 Å². The van der Waals surface area contributed by atoms with Gasteiger partial charge in [0, 0.05) is 25.4 Å². The third-order valence-corrected chi connectivity index (χ3v) is 5.86. The van der Waals surface area contributed by atoms with Crippen LogP contribution in [0.25, 0.3) is 0 Å². The SMILES string of the molecule is O=C1CCC(c2ccc(Cl)c(Cl)c2)CN1CC1CCCCC1. The van der Waals surface area contributed by atoms with E-state index in [0.29, 0.717) is 34.2 Å². The molecule has 1 aliphatic heterocycles. The zero-order chi connectivity index (χ0) is 15.5. The van der Waals surface area contributed by atoms with Crippen LogP contribution in [-0.4, -0.2) is 23.9 Å². The first-order chi connectivity index (χ1) is 10.6. The summed E-state index contributed by atoms with van der Waals surface area (Å²) in [7, 11) is 0. The molecule has 2 aliphatic rings. The van der Waals surface area contributed by atoms with Gasteiger partial charge in [0.25, 0.3) is 0 Å². The van der Waals surface area contributed by atoms with E-state index >= 15 is 0 Å². The number of carbonyl (C=O) groups is 1. The molecule has 0 spiro atoms. The summed E-state index contributed by atoms with van der Waals surface area (Å²) in [6, 6.07) is 5.87. The van der Waals surface area contributed by atoms with Crippen LogP contribution in [0.5, 0.6) is 0 Å². The maximum Gasteiger partial charge on any atom is 0.222 e. The van der Waals surface area contributed by atoms with Crippen LogP contribution in [0.1, 0.15) is 56.4 Å². The van der Waals surface area contributed by atoms with Gasteiger partial charge in [-0.15, -0.1) is 0 Å². The largest absolute Gasteiger partial charge is 0.342 e. The Labute approximate surface area is 142 Å². The van der Waals surface area contributed by atoms with Crippen molar-refractivity contribution in [3.63, 3.8) is 0 Å². The van der Waals surface area contributed by atoms with Gasteiger partial charge in [0.15, 0.2) is 0 Å². The van der Waals surface area contributed by atoms with Gasteiger partial charge in [-0.05, 0) is 42.9 Å². The first-order valence-electron chi connectivity index (χ1n) is 8.36. The second-order valence-corrected chi connectivity index (χ2v) is 7.53. The number of carbonyl (C=O) groups excluding carboxylic acids is 1. The molecule has 1 amide bonds. The van der Waals surface area contributed by atoms with Gasteiger partial charge in [0.1, 0.15) is 0 Å². The summed E-state index contributed by atoms with van der Waals surface area (Å²) in [5.74, 6) is 1.41. The summed E-state index contributed by atoms with van der Waals surface area (Å²) < 4.78 is 0. The van der Waals surface area contributed by atoms with E-state index in [-0.39, 0.29) is 0 Å². The summed E-state index contributed by atoms with van der Waals surface area (Å²) in [6.07, 6.45) is 8.13. The normalized spacial score (nSPS) is 23.8. The van der Waals surface area contributed by atoms with E-state index in [9.17, 15) is 4.79 Å². The average Bonchev–Trinajstić information content (AvgIpc) is 2.53. The highest BCUT2D eigenvalue weighted by atomic mass is 35.5. The highest BCUT2D eigenvalue weighted by Crippen LogP contribution is 2.33. The quantitative estimate of drug-likeness (QED) is 0.733. The molecular formula is C18H23Cl2NO. The standard InChI is InChI=1S/C18H23Cl2NO/c19-16-8-6-14(10-17(16)20)15-7-9-18(22)21(12-15)11-13-4-2-1-3-5-13/h6,8,10,13,15H,1-5,7,9,11-12H2. The minimum Gasteiger partial charge on any atom is -0.342 e. The number of halogens is 2. The lowest BCUT2D eigenvalue weighted by Crippen LogP contribution is -2.42. The number of likely N-dealkylation sites (tertiary alicyclic amines) is 1. The maximum absolute atomic E-state index is 12.2. The Morgan fingerprint density at radius 2 is 1.82 bits per heavy atom. The number of rotatable bonds is 3. The lowest BCUT2D eigenvalue weighted by molar-refractivity contribution is -0.134. The van der Waals surface area contributed by atoms with Crippen molar-refractivity contribution < 1.29 is 4.79 Å². The molecule has 2 fully saturated rings. The van der Waals surface area contributed by atoms with Crippen LogP contribution >= 0.6 is 23.2 Å². The highest BCUT2D eigenvalue weighted by molar-refractivity contribution is 6.42. The first kappa shape index (κ1) is 16.1. The van der Waals surface area contributed by atoms with Gasteiger partial charge in [0.2, 0.25) is 5.91 Å². The van der Waals surface area contributed by atoms with Crippen LogP contribution in [0.3, 0.4) is 0 Å². The van der Waals surface area contributed by atoms with Crippen LogP contribution in [0.15, 0.2) is 18.2 Å². The van der Waals surface area contributed by atoms with E-state index in [0.717, 1.165) is 19.5 Å². The zero-order valence-corrected chi connectivity index (χ0v) is 14.4. The summed E-state index contributed by atoms with van der Waals surface area (Å²) in [5, 5.41) is 1.20. The number of hydrogen-bond donors (Lipinski definition) is 0. The average molecular weight is 340 g/mol. The van der Waals surface area contributed by atoms with Gasteiger partial charge in [-0.1, -0.05) is 48.5 Å². The summed E-state index contributed by atoms with van der Waals surface area (Å²) in [4.78, 5) is 14.3. The molecule has 0 bridgehead atoms. The summed E-state index contributed by atoms with van der Waals surface area (Å²) >= 11 is 12.1. The van der Waals surface area contributed by atoms with Crippen LogP contribution in [0, 0.1) is 5.92 Å². The molecule has 22 heavy (non-hydrogen) atoms. The lowest BCUT2D eigenvalue weighted by atomic mass is 9.86.